The van der Waals surface area contributed by atoms with E-state index < -0.39 is 24.1 Å². The Labute approximate surface area is 139 Å². The van der Waals surface area contributed by atoms with Crippen molar-refractivity contribution in [2.75, 3.05) is 0 Å². The molecule has 6 nitrogen and oxygen atoms in total. The number of aryl methyl sites for hydroxylation is 2. The van der Waals surface area contributed by atoms with Gasteiger partial charge in [-0.25, -0.2) is 9.59 Å². The van der Waals surface area contributed by atoms with Gasteiger partial charge in [-0.15, -0.1) is 0 Å². The molecule has 0 saturated heterocycles. The zero-order valence-corrected chi connectivity index (χ0v) is 13.3. The van der Waals surface area contributed by atoms with Crippen LogP contribution in [0.5, 0.6) is 11.5 Å². The van der Waals surface area contributed by atoms with Crippen LogP contribution in [0.1, 0.15) is 11.1 Å². The molecular weight excluding hydrogens is 312 g/mol. The first-order chi connectivity index (χ1) is 11.4. The summed E-state index contributed by atoms with van der Waals surface area (Å²) >= 11 is 0. The van der Waals surface area contributed by atoms with Crippen molar-refractivity contribution in [2.24, 2.45) is 0 Å². The van der Waals surface area contributed by atoms with Gasteiger partial charge in [-0.1, -0.05) is 35.9 Å². The van der Waals surface area contributed by atoms with Gasteiger partial charge in [-0.3, -0.25) is 0 Å². The van der Waals surface area contributed by atoms with Crippen molar-refractivity contribution < 1.29 is 29.3 Å². The molecule has 0 heterocycles. The summed E-state index contributed by atoms with van der Waals surface area (Å²) in [5.41, 5.74) is 1.65. The Morgan fingerprint density at radius 2 is 1.38 bits per heavy atom. The summed E-state index contributed by atoms with van der Waals surface area (Å²) in [4.78, 5) is 23.7. The SMILES string of the molecule is Cc1ccc(OC(=O)C(O)C(O)C(=O)Oc2ccccc2C)cc1. The molecule has 0 aromatic heterocycles. The van der Waals surface area contributed by atoms with Crippen molar-refractivity contribution in [3.8, 4) is 11.5 Å². The number of hydrogen-bond acceptors (Lipinski definition) is 6. The molecule has 0 aliphatic carbocycles. The van der Waals surface area contributed by atoms with Crippen LogP contribution in [0.2, 0.25) is 0 Å². The molecule has 126 valence electrons. The van der Waals surface area contributed by atoms with E-state index in [9.17, 15) is 19.8 Å². The highest BCUT2D eigenvalue weighted by Gasteiger charge is 2.33. The standard InChI is InChI=1S/C18H18O6/c1-11-7-9-13(10-8-11)23-17(21)15(19)16(20)18(22)24-14-6-4-3-5-12(14)2/h3-10,15-16,19-20H,1-2H3. The molecule has 2 unspecified atom stereocenters. The quantitative estimate of drug-likeness (QED) is 0.638. The van der Waals surface area contributed by atoms with Crippen molar-refractivity contribution in [3.63, 3.8) is 0 Å². The normalized spacial score (nSPS) is 13.0. The molecule has 0 saturated carbocycles. The minimum absolute atomic E-state index is 0.198. The number of carbonyl (C=O) groups excluding carboxylic acids is 2. The van der Waals surface area contributed by atoms with E-state index in [-0.39, 0.29) is 11.5 Å². The molecule has 2 aromatic rings. The number of aliphatic hydroxyl groups is 2. The summed E-state index contributed by atoms with van der Waals surface area (Å²) in [5.74, 6) is -1.85. The molecule has 0 bridgehead atoms. The smallest absolute Gasteiger partial charge is 0.343 e. The Balaban J connectivity index is 1.98. The van der Waals surface area contributed by atoms with Crippen LogP contribution in [0.4, 0.5) is 0 Å². The molecule has 0 radical (unpaired) electrons. The average Bonchev–Trinajstić information content (AvgIpc) is 2.57. The Morgan fingerprint density at radius 3 is 1.96 bits per heavy atom. The number of para-hydroxylation sites is 1. The number of benzene rings is 2. The predicted octanol–water partition coefficient (Wildman–Crippen LogP) is 1.54. The Morgan fingerprint density at radius 1 is 0.833 bits per heavy atom. The lowest BCUT2D eigenvalue weighted by molar-refractivity contribution is -0.162. The van der Waals surface area contributed by atoms with Gasteiger partial charge in [0.1, 0.15) is 11.5 Å². The molecular formula is C18H18O6. The van der Waals surface area contributed by atoms with Gasteiger partial charge in [0.05, 0.1) is 0 Å². The van der Waals surface area contributed by atoms with E-state index in [1.807, 2.05) is 6.92 Å². The van der Waals surface area contributed by atoms with Crippen LogP contribution in [-0.2, 0) is 9.59 Å². The fourth-order valence-electron chi connectivity index (χ4n) is 1.88. The van der Waals surface area contributed by atoms with Crippen molar-refractivity contribution in [2.45, 2.75) is 26.1 Å². The van der Waals surface area contributed by atoms with E-state index in [1.54, 1.807) is 37.3 Å². The first kappa shape index (κ1) is 17.7. The molecule has 2 atom stereocenters. The molecule has 24 heavy (non-hydrogen) atoms. The summed E-state index contributed by atoms with van der Waals surface area (Å²) in [7, 11) is 0. The molecule has 0 aliphatic heterocycles. The highest BCUT2D eigenvalue weighted by Crippen LogP contribution is 2.18. The summed E-state index contributed by atoms with van der Waals surface area (Å²) < 4.78 is 9.91. The van der Waals surface area contributed by atoms with E-state index in [4.69, 9.17) is 9.47 Å². The maximum absolute atomic E-state index is 11.9. The van der Waals surface area contributed by atoms with Gasteiger partial charge in [-0.2, -0.15) is 0 Å². The van der Waals surface area contributed by atoms with Crippen molar-refractivity contribution in [3.05, 3.63) is 59.7 Å². The summed E-state index contributed by atoms with van der Waals surface area (Å²) in [5, 5.41) is 19.6. The second-order valence-electron chi connectivity index (χ2n) is 5.31. The molecule has 0 amide bonds. The molecule has 2 N–H and O–H groups in total. The highest BCUT2D eigenvalue weighted by atomic mass is 16.6. The van der Waals surface area contributed by atoms with Crippen molar-refractivity contribution in [1.82, 2.24) is 0 Å². The lowest BCUT2D eigenvalue weighted by Gasteiger charge is -2.16. The van der Waals surface area contributed by atoms with Gasteiger partial charge in [0.25, 0.3) is 0 Å². The third-order valence-corrected chi connectivity index (χ3v) is 3.33. The van der Waals surface area contributed by atoms with Gasteiger partial charge in [0.2, 0.25) is 0 Å². The van der Waals surface area contributed by atoms with Crippen LogP contribution in [0, 0.1) is 13.8 Å². The third kappa shape index (κ3) is 4.41. The molecule has 2 aromatic carbocycles. The summed E-state index contributed by atoms with van der Waals surface area (Å²) in [6.07, 6.45) is -4.11. The lowest BCUT2D eigenvalue weighted by atomic mass is 10.2. The molecule has 0 spiro atoms. The number of rotatable bonds is 5. The van der Waals surface area contributed by atoms with E-state index in [2.05, 4.69) is 0 Å². The Bertz CT molecular complexity index is 723. The topological polar surface area (TPSA) is 93.1 Å². The van der Waals surface area contributed by atoms with Crippen molar-refractivity contribution in [1.29, 1.82) is 0 Å². The summed E-state index contributed by atoms with van der Waals surface area (Å²) in [6.45, 7) is 3.59. The van der Waals surface area contributed by atoms with Gasteiger partial charge < -0.3 is 19.7 Å². The van der Waals surface area contributed by atoms with Crippen LogP contribution in [0.15, 0.2) is 48.5 Å². The van der Waals surface area contributed by atoms with E-state index in [0.29, 0.717) is 5.56 Å². The monoisotopic (exact) mass is 330 g/mol. The number of aliphatic hydroxyl groups excluding tert-OH is 2. The molecule has 6 heteroatoms. The second-order valence-corrected chi connectivity index (χ2v) is 5.31. The van der Waals surface area contributed by atoms with E-state index >= 15 is 0 Å². The van der Waals surface area contributed by atoms with Gasteiger partial charge in [0, 0.05) is 0 Å². The predicted molar refractivity (Wildman–Crippen MR) is 85.6 cm³/mol. The van der Waals surface area contributed by atoms with Crippen LogP contribution in [-0.4, -0.2) is 34.4 Å². The fourth-order valence-corrected chi connectivity index (χ4v) is 1.88. The maximum atomic E-state index is 11.9. The van der Waals surface area contributed by atoms with E-state index in [0.717, 1.165) is 5.56 Å². The van der Waals surface area contributed by atoms with Crippen LogP contribution in [0.3, 0.4) is 0 Å². The zero-order chi connectivity index (χ0) is 17.7. The minimum atomic E-state index is -2.05. The van der Waals surface area contributed by atoms with Gasteiger partial charge in [-0.05, 0) is 37.6 Å². The highest BCUT2D eigenvalue weighted by molar-refractivity contribution is 5.87. The molecule has 0 aliphatic rings. The number of esters is 2. The van der Waals surface area contributed by atoms with Crippen LogP contribution in [0.25, 0.3) is 0 Å². The average molecular weight is 330 g/mol. The largest absolute Gasteiger partial charge is 0.425 e. The fraction of sp³-hybridized carbons (Fsp3) is 0.222. The molecule has 2 rings (SSSR count). The van der Waals surface area contributed by atoms with Crippen LogP contribution >= 0.6 is 0 Å². The first-order valence-corrected chi connectivity index (χ1v) is 7.30. The lowest BCUT2D eigenvalue weighted by Crippen LogP contribution is -2.43. The maximum Gasteiger partial charge on any atom is 0.343 e. The minimum Gasteiger partial charge on any atom is -0.425 e. The van der Waals surface area contributed by atoms with E-state index in [1.165, 1.54) is 18.2 Å². The molecule has 0 fully saturated rings. The van der Waals surface area contributed by atoms with Gasteiger partial charge in [0.15, 0.2) is 12.2 Å². The Kier molecular flexibility index (Phi) is 5.68. The number of hydrogen-bond donors (Lipinski definition) is 2. The van der Waals surface area contributed by atoms with Gasteiger partial charge >= 0.3 is 11.9 Å². The van der Waals surface area contributed by atoms with Crippen LogP contribution < -0.4 is 9.47 Å². The third-order valence-electron chi connectivity index (χ3n) is 3.33. The number of ether oxygens (including phenoxy) is 2. The first-order valence-electron chi connectivity index (χ1n) is 7.30. The number of carbonyl (C=O) groups is 2. The zero-order valence-electron chi connectivity index (χ0n) is 13.3. The summed E-state index contributed by atoms with van der Waals surface area (Å²) in [6, 6.07) is 13.2. The Hall–Kier alpha value is -2.70. The van der Waals surface area contributed by atoms with Crippen molar-refractivity contribution >= 4 is 11.9 Å². The second kappa shape index (κ2) is 7.72.